The van der Waals surface area contributed by atoms with E-state index in [2.05, 4.69) is 17.2 Å². The predicted molar refractivity (Wildman–Crippen MR) is 164 cm³/mol. The number of carbonyl (C=O) groups is 3. The first-order chi connectivity index (χ1) is 19.3. The molecule has 7 nitrogen and oxygen atoms in total. The van der Waals surface area contributed by atoms with Gasteiger partial charge in [-0.15, -0.1) is 6.58 Å². The van der Waals surface area contributed by atoms with Crippen LogP contribution in [-0.2, 0) is 22.6 Å². The Labute approximate surface area is 249 Å². The topological polar surface area (TPSA) is 98.7 Å². The Balaban J connectivity index is 2.01. The van der Waals surface area contributed by atoms with Crippen LogP contribution < -0.4 is 10.6 Å². The van der Waals surface area contributed by atoms with Crippen molar-refractivity contribution in [2.45, 2.75) is 95.8 Å². The van der Waals surface area contributed by atoms with E-state index < -0.39 is 22.7 Å². The third kappa shape index (κ3) is 8.35. The summed E-state index contributed by atoms with van der Waals surface area (Å²) in [5.74, 6) is -0.656. The lowest BCUT2D eigenvalue weighted by atomic mass is 9.65. The zero-order valence-electron chi connectivity index (χ0n) is 24.7. The van der Waals surface area contributed by atoms with Crippen molar-refractivity contribution in [3.63, 3.8) is 0 Å². The number of benzene rings is 2. The van der Waals surface area contributed by atoms with E-state index in [9.17, 15) is 19.5 Å². The molecule has 222 valence electrons. The van der Waals surface area contributed by atoms with E-state index in [1.165, 1.54) is 6.92 Å². The van der Waals surface area contributed by atoms with Crippen LogP contribution in [0.15, 0.2) is 67.3 Å². The molecule has 2 aromatic carbocycles. The lowest BCUT2D eigenvalue weighted by molar-refractivity contribution is -0.138. The molecule has 3 N–H and O–H groups in total. The lowest BCUT2D eigenvalue weighted by Gasteiger charge is -2.51. The number of hydrogen-bond acceptors (Lipinski definition) is 3. The molecule has 0 saturated heterocycles. The van der Waals surface area contributed by atoms with Gasteiger partial charge in [0.25, 0.3) is 0 Å². The molecule has 0 heterocycles. The fraction of sp³-hybridized carbons (Fsp3) is 0.485. The van der Waals surface area contributed by atoms with Crippen molar-refractivity contribution >= 4 is 29.5 Å². The summed E-state index contributed by atoms with van der Waals surface area (Å²) in [5.41, 5.74) is -0.395. The molecule has 1 atom stereocenters. The molecule has 0 radical (unpaired) electrons. The number of nitrogens with one attached hydrogen (secondary N) is 2. The van der Waals surface area contributed by atoms with Gasteiger partial charge in [-0.05, 0) is 94.9 Å². The van der Waals surface area contributed by atoms with Crippen molar-refractivity contribution in [3.8, 4) is 0 Å². The Bertz CT molecular complexity index is 1200. The number of allylic oxidation sites excluding steroid dienone is 1. The lowest BCUT2D eigenvalue weighted by Crippen LogP contribution is -2.66. The number of carboxylic acid groups (broad SMARTS) is 1. The van der Waals surface area contributed by atoms with Crippen molar-refractivity contribution in [1.82, 2.24) is 15.5 Å². The SMILES string of the molecule is C=CCCC(NC(C)=O)(C(=O)NC(C)(C)C)C1CCC(Cc2ccccc2)(N(Cc2ccc(Cl)cc2)C(=O)O)CC1. The zero-order valence-corrected chi connectivity index (χ0v) is 25.5. The number of amides is 3. The van der Waals surface area contributed by atoms with Gasteiger partial charge in [-0.3, -0.25) is 14.5 Å². The van der Waals surface area contributed by atoms with Crippen LogP contribution in [-0.4, -0.2) is 44.5 Å². The molecule has 1 saturated carbocycles. The van der Waals surface area contributed by atoms with E-state index in [1.54, 1.807) is 23.1 Å². The number of hydrogen-bond donors (Lipinski definition) is 3. The van der Waals surface area contributed by atoms with Gasteiger partial charge in [-0.2, -0.15) is 0 Å². The second kappa shape index (κ2) is 13.6. The summed E-state index contributed by atoms with van der Waals surface area (Å²) in [5, 5.41) is 17.3. The molecular weight excluding hydrogens is 538 g/mol. The average Bonchev–Trinajstić information content (AvgIpc) is 2.90. The number of rotatable bonds is 11. The molecule has 0 spiro atoms. The monoisotopic (exact) mass is 581 g/mol. The first-order valence-electron chi connectivity index (χ1n) is 14.3. The van der Waals surface area contributed by atoms with Crippen LogP contribution in [0.4, 0.5) is 4.79 Å². The Kier molecular flexibility index (Phi) is 10.6. The van der Waals surface area contributed by atoms with Crippen LogP contribution in [0.25, 0.3) is 0 Å². The van der Waals surface area contributed by atoms with E-state index in [4.69, 9.17) is 11.6 Å². The smallest absolute Gasteiger partial charge is 0.408 e. The predicted octanol–water partition coefficient (Wildman–Crippen LogP) is 6.75. The third-order valence-electron chi connectivity index (χ3n) is 8.08. The van der Waals surface area contributed by atoms with E-state index in [0.717, 1.165) is 11.1 Å². The standard InChI is InChI=1S/C33H44ClN3O4/c1-6-7-19-33(35-24(2)38,29(39)36-31(3,4)5)27-17-20-32(21-18-27,22-25-11-9-8-10-12-25)37(30(40)41)23-26-13-15-28(34)16-14-26/h6,8-16,27H,1,7,17-23H2,2-5H3,(H,35,38)(H,36,39)(H,40,41). The Morgan fingerprint density at radius 1 is 1.02 bits per heavy atom. The molecule has 2 aromatic rings. The van der Waals surface area contributed by atoms with Crippen LogP contribution in [0.5, 0.6) is 0 Å². The third-order valence-corrected chi connectivity index (χ3v) is 8.33. The summed E-state index contributed by atoms with van der Waals surface area (Å²) in [6.07, 6.45) is 4.55. The summed E-state index contributed by atoms with van der Waals surface area (Å²) < 4.78 is 0. The van der Waals surface area contributed by atoms with Crippen molar-refractivity contribution in [2.24, 2.45) is 5.92 Å². The fourth-order valence-corrected chi connectivity index (χ4v) is 6.32. The summed E-state index contributed by atoms with van der Waals surface area (Å²) >= 11 is 6.09. The molecule has 41 heavy (non-hydrogen) atoms. The molecule has 1 aliphatic carbocycles. The van der Waals surface area contributed by atoms with Gasteiger partial charge in [0, 0.05) is 24.0 Å². The molecule has 1 fully saturated rings. The molecule has 3 rings (SSSR count). The van der Waals surface area contributed by atoms with Crippen molar-refractivity contribution in [3.05, 3.63) is 83.4 Å². The van der Waals surface area contributed by atoms with E-state index in [1.807, 2.05) is 63.2 Å². The van der Waals surface area contributed by atoms with Crippen molar-refractivity contribution < 1.29 is 19.5 Å². The van der Waals surface area contributed by atoms with Gasteiger partial charge in [-0.25, -0.2) is 4.79 Å². The van der Waals surface area contributed by atoms with E-state index in [-0.39, 0.29) is 24.3 Å². The maximum absolute atomic E-state index is 13.9. The van der Waals surface area contributed by atoms with Gasteiger partial charge in [0.1, 0.15) is 5.54 Å². The number of carbonyl (C=O) groups excluding carboxylic acids is 2. The van der Waals surface area contributed by atoms with Crippen molar-refractivity contribution in [2.75, 3.05) is 0 Å². The van der Waals surface area contributed by atoms with Gasteiger partial charge in [-0.1, -0.05) is 60.1 Å². The highest BCUT2D eigenvalue weighted by molar-refractivity contribution is 6.30. The first-order valence-corrected chi connectivity index (χ1v) is 14.7. The minimum absolute atomic E-state index is 0.177. The van der Waals surface area contributed by atoms with Gasteiger partial charge < -0.3 is 15.7 Å². The molecule has 1 aliphatic rings. The minimum Gasteiger partial charge on any atom is -0.465 e. The largest absolute Gasteiger partial charge is 0.465 e. The Morgan fingerprint density at radius 3 is 2.15 bits per heavy atom. The second-order valence-corrected chi connectivity index (χ2v) is 12.8. The highest BCUT2D eigenvalue weighted by Crippen LogP contribution is 2.45. The van der Waals surface area contributed by atoms with Crippen LogP contribution in [0.2, 0.25) is 5.02 Å². The molecule has 0 aliphatic heterocycles. The summed E-state index contributed by atoms with van der Waals surface area (Å²) in [4.78, 5) is 40.9. The molecule has 3 amide bonds. The summed E-state index contributed by atoms with van der Waals surface area (Å²) in [6.45, 7) is 11.3. The molecule has 1 unspecified atom stereocenters. The van der Waals surface area contributed by atoms with Gasteiger partial charge in [0.05, 0.1) is 5.54 Å². The normalized spacial score (nSPS) is 20.4. The molecule has 0 bridgehead atoms. The highest BCUT2D eigenvalue weighted by atomic mass is 35.5. The van der Waals surface area contributed by atoms with E-state index in [0.29, 0.717) is 50.0 Å². The molecular formula is C33H44ClN3O4. The summed E-state index contributed by atoms with van der Waals surface area (Å²) in [7, 11) is 0. The van der Waals surface area contributed by atoms with Crippen LogP contribution in [0.1, 0.15) is 77.3 Å². The quantitative estimate of drug-likeness (QED) is 0.256. The maximum atomic E-state index is 13.9. The first kappa shape index (κ1) is 32.2. The Hall–Kier alpha value is -3.32. The van der Waals surface area contributed by atoms with Crippen LogP contribution in [0.3, 0.4) is 0 Å². The van der Waals surface area contributed by atoms with Gasteiger partial charge in [0.2, 0.25) is 11.8 Å². The molecule has 0 aromatic heterocycles. The zero-order chi connectivity index (χ0) is 30.3. The highest BCUT2D eigenvalue weighted by Gasteiger charge is 2.52. The number of nitrogens with zero attached hydrogens (tertiary/aromatic N) is 1. The summed E-state index contributed by atoms with van der Waals surface area (Å²) in [6, 6.07) is 17.2. The second-order valence-electron chi connectivity index (χ2n) is 12.3. The van der Waals surface area contributed by atoms with E-state index >= 15 is 0 Å². The van der Waals surface area contributed by atoms with Gasteiger partial charge >= 0.3 is 6.09 Å². The Morgan fingerprint density at radius 2 is 1.63 bits per heavy atom. The number of halogens is 1. The van der Waals surface area contributed by atoms with Crippen molar-refractivity contribution in [1.29, 1.82) is 0 Å². The minimum atomic E-state index is -1.13. The maximum Gasteiger partial charge on any atom is 0.408 e. The average molecular weight is 582 g/mol. The fourth-order valence-electron chi connectivity index (χ4n) is 6.20. The van der Waals surface area contributed by atoms with Crippen LogP contribution in [0, 0.1) is 5.92 Å². The van der Waals surface area contributed by atoms with Crippen LogP contribution >= 0.6 is 11.6 Å². The molecule has 8 heteroatoms. The van der Waals surface area contributed by atoms with Gasteiger partial charge in [0.15, 0.2) is 0 Å².